The molecule has 3 rings (SSSR count). The van der Waals surface area contributed by atoms with Gasteiger partial charge in [-0.2, -0.15) is 13.2 Å². The lowest BCUT2D eigenvalue weighted by molar-refractivity contribution is -0.137. The highest BCUT2D eigenvalue weighted by Crippen LogP contribution is 2.62. The van der Waals surface area contributed by atoms with Crippen molar-refractivity contribution < 1.29 is 18.3 Å². The number of hydrogen-bond acceptors (Lipinski definition) is 1. The summed E-state index contributed by atoms with van der Waals surface area (Å²) < 4.78 is 37.3. The van der Waals surface area contributed by atoms with Gasteiger partial charge >= 0.3 is 6.18 Å². The van der Waals surface area contributed by atoms with Crippen LogP contribution in [0.25, 0.3) is 0 Å². The van der Waals surface area contributed by atoms with Gasteiger partial charge in [-0.1, -0.05) is 18.6 Å². The molecule has 2 fully saturated rings. The molecule has 0 saturated heterocycles. The Kier molecular flexibility index (Phi) is 2.66. The van der Waals surface area contributed by atoms with Crippen LogP contribution < -0.4 is 0 Å². The molecule has 3 unspecified atom stereocenters. The Balaban J connectivity index is 1.73. The van der Waals surface area contributed by atoms with Crippen molar-refractivity contribution in [1.82, 2.24) is 0 Å². The van der Waals surface area contributed by atoms with Crippen LogP contribution in [0.5, 0.6) is 0 Å². The van der Waals surface area contributed by atoms with Crippen LogP contribution in [0.15, 0.2) is 24.3 Å². The first-order chi connectivity index (χ1) is 8.48. The van der Waals surface area contributed by atoms with Gasteiger partial charge in [0.05, 0.1) is 11.7 Å². The van der Waals surface area contributed by atoms with E-state index in [1.807, 2.05) is 0 Å². The molecule has 1 nitrogen and oxygen atoms in total. The molecule has 2 aliphatic carbocycles. The molecule has 18 heavy (non-hydrogen) atoms. The molecular formula is C14H15F3O. The molecule has 3 atom stereocenters. The molecule has 0 amide bonds. The van der Waals surface area contributed by atoms with Gasteiger partial charge in [0.25, 0.3) is 0 Å². The van der Waals surface area contributed by atoms with Crippen LogP contribution in [0.1, 0.15) is 36.5 Å². The lowest BCUT2D eigenvalue weighted by atomic mass is 9.98. The van der Waals surface area contributed by atoms with Gasteiger partial charge in [0.1, 0.15) is 0 Å². The summed E-state index contributed by atoms with van der Waals surface area (Å²) >= 11 is 0. The monoisotopic (exact) mass is 256 g/mol. The second kappa shape index (κ2) is 3.98. The Hall–Kier alpha value is -1.03. The molecule has 98 valence electrons. The fourth-order valence-corrected chi connectivity index (χ4v) is 3.44. The third-order valence-electron chi connectivity index (χ3n) is 4.42. The zero-order valence-corrected chi connectivity index (χ0v) is 9.82. The second-order valence-electron chi connectivity index (χ2n) is 5.40. The molecule has 1 aromatic carbocycles. The highest BCUT2D eigenvalue weighted by Gasteiger charge is 2.55. The van der Waals surface area contributed by atoms with Gasteiger partial charge in [-0.25, -0.2) is 0 Å². The maximum Gasteiger partial charge on any atom is 0.416 e. The summed E-state index contributed by atoms with van der Waals surface area (Å²) in [6.07, 6.45) is -1.35. The summed E-state index contributed by atoms with van der Waals surface area (Å²) in [5.41, 5.74) is -0.0446. The molecule has 0 aliphatic heterocycles. The Morgan fingerprint density at radius 3 is 2.11 bits per heavy atom. The third kappa shape index (κ3) is 1.92. The molecule has 4 heteroatoms. The summed E-state index contributed by atoms with van der Waals surface area (Å²) in [4.78, 5) is 0. The van der Waals surface area contributed by atoms with Crippen LogP contribution in [0.2, 0.25) is 0 Å². The number of hydrogen-bond donors (Lipinski definition) is 1. The Bertz CT molecular complexity index is 427. The van der Waals surface area contributed by atoms with E-state index in [0.717, 1.165) is 25.0 Å². The zero-order valence-electron chi connectivity index (χ0n) is 9.82. The van der Waals surface area contributed by atoms with Crippen LogP contribution in [-0.4, -0.2) is 5.11 Å². The van der Waals surface area contributed by atoms with Crippen molar-refractivity contribution in [3.05, 3.63) is 35.4 Å². The molecule has 0 heterocycles. The molecule has 1 N–H and O–H groups in total. The van der Waals surface area contributed by atoms with Gasteiger partial charge in [0.2, 0.25) is 0 Å². The first-order valence-electron chi connectivity index (χ1n) is 6.34. The number of halogens is 3. The number of fused-ring (bicyclic) bond motifs is 1. The fourth-order valence-electron chi connectivity index (χ4n) is 3.44. The van der Waals surface area contributed by atoms with Gasteiger partial charge in [0, 0.05) is 0 Å². The number of benzene rings is 1. The Morgan fingerprint density at radius 1 is 1.06 bits per heavy atom. The zero-order chi connectivity index (χ0) is 12.9. The average molecular weight is 256 g/mol. The van der Waals surface area contributed by atoms with Crippen LogP contribution in [0.4, 0.5) is 13.2 Å². The van der Waals surface area contributed by atoms with Crippen molar-refractivity contribution in [1.29, 1.82) is 0 Å². The van der Waals surface area contributed by atoms with Gasteiger partial charge < -0.3 is 5.11 Å². The van der Waals surface area contributed by atoms with E-state index in [4.69, 9.17) is 0 Å². The fraction of sp³-hybridized carbons (Fsp3) is 0.571. The van der Waals surface area contributed by atoms with Crippen LogP contribution in [0, 0.1) is 17.8 Å². The number of aliphatic hydroxyl groups excluding tert-OH is 1. The van der Waals surface area contributed by atoms with Crippen molar-refractivity contribution in [2.24, 2.45) is 17.8 Å². The summed E-state index contributed by atoms with van der Waals surface area (Å²) in [5.74, 6) is 1.47. The standard InChI is InChI=1S/C14H15F3O/c15-14(16,17)9-6-4-8(5-7-9)13(18)12-10-2-1-3-11(10)12/h4-7,10-13,18H,1-3H2. The highest BCUT2D eigenvalue weighted by molar-refractivity contribution is 5.28. The molecule has 2 aliphatic rings. The first-order valence-corrected chi connectivity index (χ1v) is 6.34. The molecule has 0 spiro atoms. The lowest BCUT2D eigenvalue weighted by Gasteiger charge is -2.14. The third-order valence-corrected chi connectivity index (χ3v) is 4.42. The van der Waals surface area contributed by atoms with Crippen molar-refractivity contribution in [2.75, 3.05) is 0 Å². The van der Waals surface area contributed by atoms with E-state index in [0.29, 0.717) is 17.4 Å². The summed E-state index contributed by atoms with van der Waals surface area (Å²) in [6, 6.07) is 4.91. The Morgan fingerprint density at radius 2 is 1.61 bits per heavy atom. The smallest absolute Gasteiger partial charge is 0.388 e. The number of rotatable bonds is 2. The van der Waals surface area contributed by atoms with Gasteiger partial charge in [0.15, 0.2) is 0 Å². The predicted octanol–water partition coefficient (Wildman–Crippen LogP) is 3.78. The van der Waals surface area contributed by atoms with E-state index in [2.05, 4.69) is 0 Å². The minimum Gasteiger partial charge on any atom is -0.388 e. The van der Waals surface area contributed by atoms with Crippen LogP contribution in [-0.2, 0) is 6.18 Å². The van der Waals surface area contributed by atoms with Gasteiger partial charge in [-0.15, -0.1) is 0 Å². The summed E-state index contributed by atoms with van der Waals surface area (Å²) in [7, 11) is 0. The summed E-state index contributed by atoms with van der Waals surface area (Å²) in [6.45, 7) is 0. The first kappa shape index (κ1) is 12.0. The van der Waals surface area contributed by atoms with E-state index in [1.165, 1.54) is 18.6 Å². The Labute approximate surface area is 104 Å². The normalized spacial score (nSPS) is 32.1. The van der Waals surface area contributed by atoms with E-state index in [9.17, 15) is 18.3 Å². The molecule has 1 aromatic rings. The van der Waals surface area contributed by atoms with Crippen LogP contribution in [0.3, 0.4) is 0 Å². The molecule has 0 aromatic heterocycles. The number of aliphatic hydroxyl groups is 1. The topological polar surface area (TPSA) is 20.2 Å². The summed E-state index contributed by atoms with van der Waals surface area (Å²) in [5, 5.41) is 10.2. The van der Waals surface area contributed by atoms with Crippen molar-refractivity contribution in [3.8, 4) is 0 Å². The van der Waals surface area contributed by atoms with E-state index in [-0.39, 0.29) is 5.92 Å². The SMILES string of the molecule is OC(c1ccc(C(F)(F)F)cc1)C1C2CCCC21. The maximum atomic E-state index is 12.4. The molecule has 0 bridgehead atoms. The maximum absolute atomic E-state index is 12.4. The van der Waals surface area contributed by atoms with Crippen molar-refractivity contribution >= 4 is 0 Å². The van der Waals surface area contributed by atoms with Gasteiger partial charge in [-0.3, -0.25) is 0 Å². The predicted molar refractivity (Wildman–Crippen MR) is 60.7 cm³/mol. The largest absolute Gasteiger partial charge is 0.416 e. The molecular weight excluding hydrogens is 241 g/mol. The van der Waals surface area contributed by atoms with E-state index < -0.39 is 17.8 Å². The minimum atomic E-state index is -4.31. The van der Waals surface area contributed by atoms with Crippen LogP contribution >= 0.6 is 0 Å². The van der Waals surface area contributed by atoms with E-state index in [1.54, 1.807) is 0 Å². The van der Waals surface area contributed by atoms with Gasteiger partial charge in [-0.05, 0) is 48.3 Å². The quantitative estimate of drug-likeness (QED) is 0.853. The van der Waals surface area contributed by atoms with Crippen molar-refractivity contribution in [2.45, 2.75) is 31.5 Å². The second-order valence-corrected chi connectivity index (χ2v) is 5.40. The molecule has 2 saturated carbocycles. The number of alkyl halides is 3. The average Bonchev–Trinajstić information content (AvgIpc) is 2.80. The van der Waals surface area contributed by atoms with Crippen molar-refractivity contribution in [3.63, 3.8) is 0 Å². The minimum absolute atomic E-state index is 0.274. The molecule has 0 radical (unpaired) electrons. The van der Waals surface area contributed by atoms with E-state index >= 15 is 0 Å². The lowest BCUT2D eigenvalue weighted by Crippen LogP contribution is -2.07. The highest BCUT2D eigenvalue weighted by atomic mass is 19.4.